The molecule has 0 radical (unpaired) electrons. The Balaban J connectivity index is 2.06. The molecule has 0 heterocycles. The van der Waals surface area contributed by atoms with E-state index < -0.39 is 42.4 Å². The van der Waals surface area contributed by atoms with Gasteiger partial charge in [-0.2, -0.15) is 0 Å². The molecule has 0 fully saturated rings. The molecule has 0 saturated heterocycles. The number of hydrogen-bond acceptors (Lipinski definition) is 5. The van der Waals surface area contributed by atoms with E-state index >= 15 is 0 Å². The molecule has 0 bridgehead atoms. The van der Waals surface area contributed by atoms with Crippen LogP contribution in [-0.4, -0.2) is 46.2 Å². The first-order valence-electron chi connectivity index (χ1n) is 9.11. The summed E-state index contributed by atoms with van der Waals surface area (Å²) in [5, 5.41) is 22.6. The standard InChI is InChI=1S/C21H22N2O7/c24-18(25)12-17(20(27)28)22-19(26)16(11-14-7-3-1-4-8-14)23-21(29)30-13-15-9-5-2-6-10-15/h1-10,16-17H,11-13H2,(H,22,26)(H,23,29)(H,24,25)(H,27,28)/t16-,17+/m0/s1. The summed E-state index contributed by atoms with van der Waals surface area (Å²) in [5.41, 5.74) is 1.47. The highest BCUT2D eigenvalue weighted by molar-refractivity contribution is 5.91. The molecule has 0 aromatic heterocycles. The van der Waals surface area contributed by atoms with Crippen molar-refractivity contribution in [2.24, 2.45) is 0 Å². The highest BCUT2D eigenvalue weighted by Crippen LogP contribution is 2.06. The van der Waals surface area contributed by atoms with Gasteiger partial charge in [-0.1, -0.05) is 60.7 Å². The molecule has 0 aliphatic carbocycles. The molecule has 30 heavy (non-hydrogen) atoms. The van der Waals surface area contributed by atoms with Gasteiger partial charge < -0.3 is 25.6 Å². The van der Waals surface area contributed by atoms with Crippen molar-refractivity contribution in [3.8, 4) is 0 Å². The minimum absolute atomic E-state index is 0.0108. The lowest BCUT2D eigenvalue weighted by Crippen LogP contribution is -2.53. The minimum Gasteiger partial charge on any atom is -0.481 e. The van der Waals surface area contributed by atoms with Crippen LogP contribution in [0.2, 0.25) is 0 Å². The van der Waals surface area contributed by atoms with Crippen LogP contribution in [0.5, 0.6) is 0 Å². The molecule has 0 aliphatic heterocycles. The van der Waals surface area contributed by atoms with Crippen molar-refractivity contribution >= 4 is 23.9 Å². The summed E-state index contributed by atoms with van der Waals surface area (Å²) in [5.74, 6) is -3.70. The SMILES string of the molecule is O=C(O)C[C@@H](NC(=O)[C@H](Cc1ccccc1)NC(=O)OCc1ccccc1)C(=O)O. The maximum atomic E-state index is 12.6. The Kier molecular flexibility index (Phi) is 8.37. The summed E-state index contributed by atoms with van der Waals surface area (Å²) in [6.45, 7) is -0.0108. The number of ether oxygens (including phenoxy) is 1. The van der Waals surface area contributed by atoms with E-state index in [4.69, 9.17) is 14.9 Å². The summed E-state index contributed by atoms with van der Waals surface area (Å²) in [7, 11) is 0. The van der Waals surface area contributed by atoms with E-state index in [-0.39, 0.29) is 13.0 Å². The average Bonchev–Trinajstić information content (AvgIpc) is 2.72. The molecule has 2 rings (SSSR count). The Morgan fingerprint density at radius 1 is 0.800 bits per heavy atom. The van der Waals surface area contributed by atoms with Gasteiger partial charge in [0.2, 0.25) is 5.91 Å². The summed E-state index contributed by atoms with van der Waals surface area (Å²) >= 11 is 0. The minimum atomic E-state index is -1.63. The quantitative estimate of drug-likeness (QED) is 0.462. The third kappa shape index (κ3) is 7.63. The smallest absolute Gasteiger partial charge is 0.408 e. The van der Waals surface area contributed by atoms with Crippen molar-refractivity contribution in [1.29, 1.82) is 0 Å². The van der Waals surface area contributed by atoms with E-state index in [1.165, 1.54) is 0 Å². The van der Waals surface area contributed by atoms with Crippen LogP contribution in [-0.2, 0) is 32.1 Å². The number of aliphatic carboxylic acids is 2. The molecule has 2 aromatic rings. The highest BCUT2D eigenvalue weighted by atomic mass is 16.5. The molecule has 0 saturated carbocycles. The molecule has 2 amide bonds. The number of carbonyl (C=O) groups excluding carboxylic acids is 2. The molecule has 9 heteroatoms. The van der Waals surface area contributed by atoms with Crippen LogP contribution in [0.3, 0.4) is 0 Å². The molecule has 9 nitrogen and oxygen atoms in total. The molecule has 2 atom stereocenters. The fourth-order valence-corrected chi connectivity index (χ4v) is 2.61. The zero-order chi connectivity index (χ0) is 21.9. The summed E-state index contributed by atoms with van der Waals surface area (Å²) in [6.07, 6.45) is -1.59. The van der Waals surface area contributed by atoms with Crippen LogP contribution in [0.4, 0.5) is 4.79 Å². The third-order valence-electron chi connectivity index (χ3n) is 4.10. The molecule has 0 unspecified atom stereocenters. The van der Waals surface area contributed by atoms with Crippen LogP contribution in [0.25, 0.3) is 0 Å². The second-order valence-corrected chi connectivity index (χ2v) is 6.45. The number of benzene rings is 2. The van der Waals surface area contributed by atoms with Crippen LogP contribution in [0, 0.1) is 0 Å². The van der Waals surface area contributed by atoms with Crippen LogP contribution in [0.15, 0.2) is 60.7 Å². The lowest BCUT2D eigenvalue weighted by atomic mass is 10.0. The van der Waals surface area contributed by atoms with Gasteiger partial charge in [-0.3, -0.25) is 9.59 Å². The number of carboxylic acid groups (broad SMARTS) is 2. The van der Waals surface area contributed by atoms with Crippen molar-refractivity contribution in [2.75, 3.05) is 0 Å². The lowest BCUT2D eigenvalue weighted by molar-refractivity contribution is -0.147. The van der Waals surface area contributed by atoms with Gasteiger partial charge >= 0.3 is 18.0 Å². The number of amides is 2. The zero-order valence-electron chi connectivity index (χ0n) is 16.0. The Morgan fingerprint density at radius 3 is 1.90 bits per heavy atom. The normalized spacial score (nSPS) is 12.3. The van der Waals surface area contributed by atoms with Gasteiger partial charge in [0, 0.05) is 6.42 Å². The fourth-order valence-electron chi connectivity index (χ4n) is 2.61. The van der Waals surface area contributed by atoms with Gasteiger partial charge in [0.25, 0.3) is 0 Å². The molecule has 4 N–H and O–H groups in total. The Hall–Kier alpha value is -3.88. The van der Waals surface area contributed by atoms with Crippen LogP contribution in [0.1, 0.15) is 17.5 Å². The first-order valence-corrected chi connectivity index (χ1v) is 9.11. The largest absolute Gasteiger partial charge is 0.481 e. The summed E-state index contributed by atoms with van der Waals surface area (Å²) < 4.78 is 5.12. The molecule has 0 aliphatic rings. The van der Waals surface area contributed by atoms with Gasteiger partial charge in [-0.15, -0.1) is 0 Å². The monoisotopic (exact) mass is 414 g/mol. The number of rotatable bonds is 10. The van der Waals surface area contributed by atoms with Gasteiger partial charge in [0.05, 0.1) is 6.42 Å². The Labute approximate surface area is 172 Å². The fraction of sp³-hybridized carbons (Fsp3) is 0.238. The second kappa shape index (κ2) is 11.2. The van der Waals surface area contributed by atoms with Crippen molar-refractivity contribution in [3.05, 3.63) is 71.8 Å². The Bertz CT molecular complexity index is 871. The first kappa shape index (κ1) is 22.4. The zero-order valence-corrected chi connectivity index (χ0v) is 16.0. The number of carbonyl (C=O) groups is 4. The van der Waals surface area contributed by atoms with Crippen molar-refractivity contribution in [3.63, 3.8) is 0 Å². The van der Waals surface area contributed by atoms with Gasteiger partial charge in [0.1, 0.15) is 18.7 Å². The van der Waals surface area contributed by atoms with Crippen LogP contribution < -0.4 is 10.6 Å². The molecule has 2 aromatic carbocycles. The van der Waals surface area contributed by atoms with E-state index in [0.717, 1.165) is 5.56 Å². The van der Waals surface area contributed by atoms with Crippen molar-refractivity contribution in [1.82, 2.24) is 10.6 Å². The number of carboxylic acids is 2. The topological polar surface area (TPSA) is 142 Å². The number of nitrogens with one attached hydrogen (secondary N) is 2. The molecular formula is C21H22N2O7. The molecule has 158 valence electrons. The summed E-state index contributed by atoms with van der Waals surface area (Å²) in [4.78, 5) is 46.9. The third-order valence-corrected chi connectivity index (χ3v) is 4.10. The lowest BCUT2D eigenvalue weighted by Gasteiger charge is -2.21. The maximum absolute atomic E-state index is 12.6. The predicted molar refractivity (Wildman–Crippen MR) is 106 cm³/mol. The van der Waals surface area contributed by atoms with E-state index in [1.54, 1.807) is 54.6 Å². The van der Waals surface area contributed by atoms with Gasteiger partial charge in [-0.25, -0.2) is 9.59 Å². The van der Waals surface area contributed by atoms with E-state index in [0.29, 0.717) is 5.56 Å². The van der Waals surface area contributed by atoms with E-state index in [9.17, 15) is 19.2 Å². The van der Waals surface area contributed by atoms with Gasteiger partial charge in [-0.05, 0) is 11.1 Å². The number of alkyl carbamates (subject to hydrolysis) is 1. The average molecular weight is 414 g/mol. The molecular weight excluding hydrogens is 392 g/mol. The van der Waals surface area contributed by atoms with Crippen molar-refractivity contribution < 1.29 is 34.1 Å². The second-order valence-electron chi connectivity index (χ2n) is 6.45. The Morgan fingerprint density at radius 2 is 1.37 bits per heavy atom. The van der Waals surface area contributed by atoms with Crippen LogP contribution >= 0.6 is 0 Å². The molecule has 0 spiro atoms. The maximum Gasteiger partial charge on any atom is 0.408 e. The van der Waals surface area contributed by atoms with E-state index in [1.807, 2.05) is 6.07 Å². The predicted octanol–water partition coefficient (Wildman–Crippen LogP) is 1.57. The first-order chi connectivity index (χ1) is 14.3. The number of hydrogen-bond donors (Lipinski definition) is 4. The van der Waals surface area contributed by atoms with E-state index in [2.05, 4.69) is 10.6 Å². The van der Waals surface area contributed by atoms with Gasteiger partial charge in [0.15, 0.2) is 0 Å². The van der Waals surface area contributed by atoms with Crippen molar-refractivity contribution in [2.45, 2.75) is 31.5 Å². The summed E-state index contributed by atoms with van der Waals surface area (Å²) in [6, 6.07) is 14.9. The highest BCUT2D eigenvalue weighted by Gasteiger charge is 2.28.